The van der Waals surface area contributed by atoms with Gasteiger partial charge in [0.1, 0.15) is 16.9 Å². The van der Waals surface area contributed by atoms with E-state index in [0.717, 1.165) is 24.8 Å². The monoisotopic (exact) mass is 505 g/mol. The number of esters is 1. The van der Waals surface area contributed by atoms with Gasteiger partial charge in [-0.2, -0.15) is 0 Å². The molecule has 0 spiro atoms. The van der Waals surface area contributed by atoms with Crippen LogP contribution in [0.3, 0.4) is 0 Å². The van der Waals surface area contributed by atoms with Crippen LogP contribution in [0.1, 0.15) is 77.9 Å². The zero-order chi connectivity index (χ0) is 26.0. The number of rotatable bonds is 3. The molecule has 0 aliphatic carbocycles. The summed E-state index contributed by atoms with van der Waals surface area (Å²) in [6.45, 7) is 11.1. The lowest BCUT2D eigenvalue weighted by atomic mass is 9.76. The summed E-state index contributed by atoms with van der Waals surface area (Å²) in [5.74, 6) is -1.21. The summed E-state index contributed by atoms with van der Waals surface area (Å²) in [4.78, 5) is 30.3. The van der Waals surface area contributed by atoms with Crippen molar-refractivity contribution in [3.05, 3.63) is 33.8 Å². The lowest BCUT2D eigenvalue weighted by Gasteiger charge is -2.30. The summed E-state index contributed by atoms with van der Waals surface area (Å²) in [6.07, 6.45) is 6.48. The molecule has 194 valence electrons. The molecule has 6 unspecified atom stereocenters. The van der Waals surface area contributed by atoms with E-state index in [1.807, 2.05) is 25.3 Å². The minimum atomic E-state index is -0.921. The molecule has 3 rings (SSSR count). The Hall–Kier alpha value is -1.87. The Morgan fingerprint density at radius 1 is 1.29 bits per heavy atom. The van der Waals surface area contributed by atoms with Gasteiger partial charge in [0, 0.05) is 29.2 Å². The summed E-state index contributed by atoms with van der Waals surface area (Å²) in [5.41, 5.74) is 0.330. The lowest BCUT2D eigenvalue weighted by Crippen LogP contribution is -2.38. The van der Waals surface area contributed by atoms with Gasteiger partial charge in [-0.05, 0) is 58.1 Å². The van der Waals surface area contributed by atoms with Gasteiger partial charge in [-0.3, -0.25) is 4.79 Å². The molecule has 0 amide bonds. The first kappa shape index (κ1) is 27.7. The second kappa shape index (κ2) is 11.0. The summed E-state index contributed by atoms with van der Waals surface area (Å²) in [6, 6.07) is 0. The Labute approximate surface area is 212 Å². The molecule has 1 aromatic rings. The Morgan fingerprint density at radius 3 is 2.66 bits per heavy atom. The van der Waals surface area contributed by atoms with Crippen LogP contribution in [-0.2, 0) is 25.7 Å². The number of aliphatic hydroxyl groups is 2. The summed E-state index contributed by atoms with van der Waals surface area (Å²) < 4.78 is 11.9. The Bertz CT molecular complexity index is 982. The molecule has 8 heteroatoms. The number of epoxide rings is 1. The molecule has 0 radical (unpaired) electrons. The van der Waals surface area contributed by atoms with Crippen molar-refractivity contribution in [2.45, 2.75) is 97.7 Å². The predicted octanol–water partition coefficient (Wildman–Crippen LogP) is 4.47. The molecular formula is C27H39NO6S. The van der Waals surface area contributed by atoms with Crippen molar-refractivity contribution in [1.82, 2.24) is 4.98 Å². The number of aromatic nitrogens is 1. The highest BCUT2D eigenvalue weighted by Crippen LogP contribution is 2.45. The van der Waals surface area contributed by atoms with E-state index in [1.54, 1.807) is 26.8 Å². The number of thiazole rings is 1. The number of ketones is 1. The molecule has 6 atom stereocenters. The molecule has 3 heterocycles. The highest BCUT2D eigenvalue weighted by atomic mass is 32.1. The van der Waals surface area contributed by atoms with Crippen molar-refractivity contribution in [3.8, 4) is 0 Å². The molecule has 0 saturated carbocycles. The fraction of sp³-hybridized carbons (Fsp3) is 0.667. The molecule has 35 heavy (non-hydrogen) atoms. The molecule has 0 aromatic carbocycles. The molecule has 7 nitrogen and oxygen atoms in total. The van der Waals surface area contributed by atoms with E-state index < -0.39 is 29.5 Å². The molecule has 2 aliphatic rings. The number of hydrogen-bond acceptors (Lipinski definition) is 8. The number of cyclic esters (lactones) is 1. The zero-order valence-electron chi connectivity index (χ0n) is 21.6. The second-order valence-electron chi connectivity index (χ2n) is 10.9. The molecule has 1 saturated heterocycles. The van der Waals surface area contributed by atoms with Gasteiger partial charge in [0.2, 0.25) is 0 Å². The number of ether oxygens (including phenoxy) is 2. The van der Waals surface area contributed by atoms with Gasteiger partial charge in [-0.25, -0.2) is 9.78 Å². The molecular weight excluding hydrogens is 466 g/mol. The molecule has 1 fully saturated rings. The summed E-state index contributed by atoms with van der Waals surface area (Å²) >= 11 is 1.37. The molecule has 1 aromatic heterocycles. The SMILES string of the molecule is C/C(=C\c1csc(CO)n1)C1CC2OC2(C)CCCC(C)C(O)C(C)C(=O)C(C)(C)/C=C\C(=O)O1. The number of nitrogens with zero attached hydrogens (tertiary/aromatic N) is 1. The van der Waals surface area contributed by atoms with Gasteiger partial charge < -0.3 is 19.7 Å². The number of hydrogen-bond donors (Lipinski definition) is 2. The standard InChI is InChI=1S/C27H39NO6S/c1-16-8-7-10-27(6)21(34-27)13-20(17(2)12-19-15-35-22(14-29)28-19)33-23(30)9-11-26(4,5)25(32)18(3)24(16)31/h9,11-12,15-16,18,20-21,24,29,31H,7-8,10,13-14H2,1-6H3/b11-9-,17-12+. The maximum absolute atomic E-state index is 13.1. The van der Waals surface area contributed by atoms with Crippen LogP contribution in [0.25, 0.3) is 6.08 Å². The number of aliphatic hydroxyl groups excluding tert-OH is 2. The number of fused-ring (bicyclic) bond motifs is 1. The summed E-state index contributed by atoms with van der Waals surface area (Å²) in [5, 5.41) is 22.6. The number of allylic oxidation sites excluding steroid dienone is 1. The van der Waals surface area contributed by atoms with Crippen LogP contribution in [0.15, 0.2) is 23.1 Å². The van der Waals surface area contributed by atoms with Gasteiger partial charge in [0.25, 0.3) is 0 Å². The van der Waals surface area contributed by atoms with Crippen molar-refractivity contribution in [2.24, 2.45) is 17.3 Å². The van der Waals surface area contributed by atoms with Crippen LogP contribution in [0.5, 0.6) is 0 Å². The molecule has 2 N–H and O–H groups in total. The van der Waals surface area contributed by atoms with Gasteiger partial charge in [0.05, 0.1) is 30.1 Å². The van der Waals surface area contributed by atoms with Gasteiger partial charge in [-0.1, -0.05) is 26.3 Å². The van der Waals surface area contributed by atoms with Crippen molar-refractivity contribution in [2.75, 3.05) is 0 Å². The minimum absolute atomic E-state index is 0.0211. The van der Waals surface area contributed by atoms with E-state index in [-0.39, 0.29) is 30.0 Å². The quantitative estimate of drug-likeness (QED) is 0.461. The van der Waals surface area contributed by atoms with E-state index >= 15 is 0 Å². The average Bonchev–Trinajstić information content (AvgIpc) is 3.22. The third kappa shape index (κ3) is 6.88. The Balaban J connectivity index is 1.86. The van der Waals surface area contributed by atoms with E-state index in [9.17, 15) is 19.8 Å². The van der Waals surface area contributed by atoms with Crippen LogP contribution < -0.4 is 0 Å². The normalized spacial score (nSPS) is 35.8. The number of carbonyl (C=O) groups excluding carboxylic acids is 2. The van der Waals surface area contributed by atoms with E-state index in [2.05, 4.69) is 11.9 Å². The van der Waals surface area contributed by atoms with Crippen LogP contribution in [-0.4, -0.2) is 50.9 Å². The maximum Gasteiger partial charge on any atom is 0.331 e. The van der Waals surface area contributed by atoms with E-state index in [4.69, 9.17) is 9.47 Å². The summed E-state index contributed by atoms with van der Waals surface area (Å²) in [7, 11) is 0. The Kier molecular flexibility index (Phi) is 8.73. The lowest BCUT2D eigenvalue weighted by molar-refractivity contribution is -0.141. The zero-order valence-corrected chi connectivity index (χ0v) is 22.4. The predicted molar refractivity (Wildman–Crippen MR) is 136 cm³/mol. The average molecular weight is 506 g/mol. The fourth-order valence-corrected chi connectivity index (χ4v) is 5.45. The number of Topliss-reactive ketones (excluding diaryl/α,β-unsaturated/α-hetero) is 1. The smallest absolute Gasteiger partial charge is 0.331 e. The van der Waals surface area contributed by atoms with Gasteiger partial charge in [-0.15, -0.1) is 11.3 Å². The third-order valence-electron chi connectivity index (χ3n) is 7.42. The van der Waals surface area contributed by atoms with Crippen molar-refractivity contribution in [3.63, 3.8) is 0 Å². The fourth-order valence-electron chi connectivity index (χ4n) is 4.84. The van der Waals surface area contributed by atoms with Crippen molar-refractivity contribution >= 4 is 29.2 Å². The molecule has 0 bridgehead atoms. The van der Waals surface area contributed by atoms with Crippen LogP contribution >= 0.6 is 11.3 Å². The maximum atomic E-state index is 13.1. The van der Waals surface area contributed by atoms with Crippen molar-refractivity contribution in [1.29, 1.82) is 0 Å². The Morgan fingerprint density at radius 2 is 2.00 bits per heavy atom. The van der Waals surface area contributed by atoms with E-state index in [0.29, 0.717) is 17.1 Å². The van der Waals surface area contributed by atoms with Crippen LogP contribution in [0.2, 0.25) is 0 Å². The topological polar surface area (TPSA) is 109 Å². The second-order valence-corrected chi connectivity index (χ2v) is 11.8. The highest BCUT2D eigenvalue weighted by molar-refractivity contribution is 7.09. The first-order valence-electron chi connectivity index (χ1n) is 12.4. The molecule has 2 aliphatic heterocycles. The van der Waals surface area contributed by atoms with Gasteiger partial charge >= 0.3 is 5.97 Å². The van der Waals surface area contributed by atoms with E-state index in [1.165, 1.54) is 17.4 Å². The highest BCUT2D eigenvalue weighted by Gasteiger charge is 2.52. The first-order chi connectivity index (χ1) is 16.4. The van der Waals surface area contributed by atoms with Crippen LogP contribution in [0, 0.1) is 17.3 Å². The van der Waals surface area contributed by atoms with Crippen molar-refractivity contribution < 1.29 is 29.3 Å². The largest absolute Gasteiger partial charge is 0.455 e. The minimum Gasteiger partial charge on any atom is -0.455 e. The third-order valence-corrected chi connectivity index (χ3v) is 8.27. The first-order valence-corrected chi connectivity index (χ1v) is 13.3. The van der Waals surface area contributed by atoms with Gasteiger partial charge in [0.15, 0.2) is 0 Å². The number of carbonyl (C=O) groups is 2. The van der Waals surface area contributed by atoms with Crippen LogP contribution in [0.4, 0.5) is 0 Å².